The average molecular weight is 789 g/mol. The first kappa shape index (κ1) is 34.1. The molecule has 0 radical (unpaired) electrons. The first-order valence-electron chi connectivity index (χ1n) is 20.7. The van der Waals surface area contributed by atoms with E-state index in [9.17, 15) is 5.26 Å². The molecular formula is C56H32N6. The van der Waals surface area contributed by atoms with Crippen LogP contribution in [0, 0.1) is 17.9 Å². The second kappa shape index (κ2) is 12.8. The number of para-hydroxylation sites is 4. The Morgan fingerprint density at radius 1 is 0.403 bits per heavy atom. The molecule has 4 aromatic heterocycles. The van der Waals surface area contributed by atoms with Gasteiger partial charge in [0.25, 0.3) is 0 Å². The summed E-state index contributed by atoms with van der Waals surface area (Å²) in [6, 6.07) is 70.5. The summed E-state index contributed by atoms with van der Waals surface area (Å²) in [6.07, 6.45) is 0. The van der Waals surface area contributed by atoms with Crippen LogP contribution < -0.4 is 9.80 Å². The van der Waals surface area contributed by atoms with Gasteiger partial charge in [0.15, 0.2) is 5.69 Å². The topological polar surface area (TPSA) is 43.5 Å². The number of anilines is 6. The number of hydrogen-bond donors (Lipinski definition) is 0. The van der Waals surface area contributed by atoms with Crippen molar-refractivity contribution in [1.82, 2.24) is 8.80 Å². The van der Waals surface area contributed by atoms with E-state index < -0.39 is 0 Å². The normalized spacial score (nSPS) is 11.8. The number of nitriles is 1. The predicted octanol–water partition coefficient (Wildman–Crippen LogP) is 15.3. The Bertz CT molecular complexity index is 3720. The van der Waals surface area contributed by atoms with Crippen LogP contribution in [0.2, 0.25) is 0 Å². The van der Waals surface area contributed by atoms with E-state index in [4.69, 9.17) is 6.57 Å². The molecule has 0 aliphatic heterocycles. The van der Waals surface area contributed by atoms with Crippen LogP contribution in [0.5, 0.6) is 0 Å². The van der Waals surface area contributed by atoms with E-state index in [1.54, 1.807) is 0 Å². The first-order valence-corrected chi connectivity index (χ1v) is 20.7. The zero-order valence-corrected chi connectivity index (χ0v) is 33.2. The van der Waals surface area contributed by atoms with Crippen LogP contribution in [0.15, 0.2) is 194 Å². The van der Waals surface area contributed by atoms with Gasteiger partial charge in [0.05, 0.1) is 62.7 Å². The van der Waals surface area contributed by atoms with Crippen molar-refractivity contribution in [2.45, 2.75) is 0 Å². The van der Waals surface area contributed by atoms with Gasteiger partial charge in [-0.1, -0.05) is 97.1 Å². The molecule has 62 heavy (non-hydrogen) atoms. The lowest BCUT2D eigenvalue weighted by Crippen LogP contribution is -2.10. The van der Waals surface area contributed by atoms with Crippen molar-refractivity contribution in [1.29, 1.82) is 5.26 Å². The second-order valence-corrected chi connectivity index (χ2v) is 15.9. The van der Waals surface area contributed by atoms with Gasteiger partial charge in [-0.05, 0) is 97.1 Å². The highest BCUT2D eigenvalue weighted by atomic mass is 15.2. The predicted molar refractivity (Wildman–Crippen MR) is 256 cm³/mol. The van der Waals surface area contributed by atoms with E-state index in [1.807, 2.05) is 60.7 Å². The van der Waals surface area contributed by atoms with Crippen LogP contribution in [-0.4, -0.2) is 8.80 Å². The fraction of sp³-hybridized carbons (Fsp3) is 0. The molecule has 0 saturated carbocycles. The van der Waals surface area contributed by atoms with E-state index in [2.05, 4.69) is 163 Å². The Morgan fingerprint density at radius 3 is 1.27 bits per heavy atom. The van der Waals surface area contributed by atoms with Crippen LogP contribution in [0.3, 0.4) is 0 Å². The van der Waals surface area contributed by atoms with Crippen molar-refractivity contribution in [3.05, 3.63) is 211 Å². The highest BCUT2D eigenvalue weighted by molar-refractivity contribution is 6.31. The Balaban J connectivity index is 1.08. The number of nitrogens with zero attached hydrogens (tertiary/aromatic N) is 6. The zero-order chi connectivity index (χ0) is 41.1. The average Bonchev–Trinajstić information content (AvgIpc) is 4.06. The molecule has 0 atom stereocenters. The van der Waals surface area contributed by atoms with Gasteiger partial charge >= 0.3 is 0 Å². The summed E-state index contributed by atoms with van der Waals surface area (Å²) in [5, 5.41) is 19.2. The lowest BCUT2D eigenvalue weighted by molar-refractivity contribution is 1.29. The first-order chi connectivity index (χ1) is 30.7. The Kier molecular flexibility index (Phi) is 7.05. The largest absolute Gasteiger partial charge is 0.310 e. The van der Waals surface area contributed by atoms with Crippen molar-refractivity contribution >= 4 is 116 Å². The molecule has 0 saturated heterocycles. The monoisotopic (exact) mass is 788 g/mol. The Morgan fingerprint density at radius 2 is 0.823 bits per heavy atom. The van der Waals surface area contributed by atoms with Gasteiger partial charge in [-0.25, -0.2) is 4.85 Å². The number of fused-ring (bicyclic) bond motifs is 12. The van der Waals surface area contributed by atoms with Gasteiger partial charge in [0, 0.05) is 65.8 Å². The van der Waals surface area contributed by atoms with Crippen LogP contribution in [0.1, 0.15) is 5.56 Å². The lowest BCUT2D eigenvalue weighted by atomic mass is 10.0. The van der Waals surface area contributed by atoms with Gasteiger partial charge < -0.3 is 18.6 Å². The highest BCUT2D eigenvalue weighted by Crippen LogP contribution is 2.50. The van der Waals surface area contributed by atoms with E-state index in [0.717, 1.165) is 45.2 Å². The maximum absolute atomic E-state index is 9.61. The quantitative estimate of drug-likeness (QED) is 0.158. The summed E-state index contributed by atoms with van der Waals surface area (Å²) < 4.78 is 4.95. The number of benzene rings is 9. The van der Waals surface area contributed by atoms with Gasteiger partial charge in [-0.2, -0.15) is 5.26 Å². The molecule has 0 bridgehead atoms. The number of rotatable bonds is 6. The molecule has 0 unspecified atom stereocenters. The summed E-state index contributed by atoms with van der Waals surface area (Å²) in [4.78, 5) is 8.28. The Hall–Kier alpha value is -8.84. The highest BCUT2D eigenvalue weighted by Gasteiger charge is 2.26. The molecule has 0 N–H and O–H groups in total. The fourth-order valence-corrected chi connectivity index (χ4v) is 10.3. The van der Waals surface area contributed by atoms with Crippen molar-refractivity contribution in [3.8, 4) is 6.07 Å². The standard InChI is InChI=1S/C56H32N6/c1-58-36-26-30-40(31-27-36)60(38-14-6-3-7-15-38)48-21-11-23-50-54(48)44-19-9-17-42-46-32-51-45(33-52(46)62(50)56(42)44)41-16-8-18-43-53-47(20-10-22-49(53)61(51)55(41)43)59(37-12-4-2-5-13-37)39-28-24-35(34-57)25-29-39/h2-33H. The van der Waals surface area contributed by atoms with Gasteiger partial charge in [0.1, 0.15) is 0 Å². The van der Waals surface area contributed by atoms with E-state index in [-0.39, 0.29) is 0 Å². The molecule has 13 aromatic rings. The smallest absolute Gasteiger partial charge is 0.187 e. The van der Waals surface area contributed by atoms with Crippen molar-refractivity contribution in [2.24, 2.45) is 0 Å². The van der Waals surface area contributed by atoms with Crippen LogP contribution in [-0.2, 0) is 0 Å². The molecule has 0 spiro atoms. The molecule has 0 aliphatic carbocycles. The minimum atomic E-state index is 0.618. The van der Waals surface area contributed by atoms with Gasteiger partial charge in [-0.3, -0.25) is 0 Å². The van der Waals surface area contributed by atoms with Crippen molar-refractivity contribution in [2.75, 3.05) is 9.80 Å². The van der Waals surface area contributed by atoms with E-state index >= 15 is 0 Å². The maximum atomic E-state index is 9.61. The number of hydrogen-bond acceptors (Lipinski definition) is 3. The van der Waals surface area contributed by atoms with Crippen molar-refractivity contribution in [3.63, 3.8) is 0 Å². The molecule has 0 amide bonds. The molecule has 13 rings (SSSR count). The van der Waals surface area contributed by atoms with Crippen LogP contribution in [0.4, 0.5) is 39.8 Å². The molecular weight excluding hydrogens is 757 g/mol. The molecule has 4 heterocycles. The third kappa shape index (κ3) is 4.61. The molecule has 286 valence electrons. The maximum Gasteiger partial charge on any atom is 0.187 e. The van der Waals surface area contributed by atoms with Crippen LogP contribution in [0.25, 0.3) is 81.0 Å². The molecule has 0 fully saturated rings. The summed E-state index contributed by atoms with van der Waals surface area (Å²) in [6.45, 7) is 7.57. The summed E-state index contributed by atoms with van der Waals surface area (Å²) in [5.41, 5.74) is 14.6. The molecule has 6 nitrogen and oxygen atoms in total. The van der Waals surface area contributed by atoms with Gasteiger partial charge in [0.2, 0.25) is 0 Å². The SMILES string of the molecule is [C-]#[N+]c1ccc(N(c2ccccc2)c2cccc3c2c2cccc4c5cc6c(cc5n3c42)c2cccc3c4c(N(c5ccccc5)c5ccc(C#N)cc5)cccc4n6c23)cc1. The summed E-state index contributed by atoms with van der Waals surface area (Å²) >= 11 is 0. The third-order valence-electron chi connectivity index (χ3n) is 12.8. The van der Waals surface area contributed by atoms with E-state index in [0.29, 0.717) is 11.3 Å². The third-order valence-corrected chi connectivity index (χ3v) is 12.8. The second-order valence-electron chi connectivity index (χ2n) is 15.9. The summed E-state index contributed by atoms with van der Waals surface area (Å²) in [5.74, 6) is 0. The zero-order valence-electron chi connectivity index (χ0n) is 33.2. The Labute approximate surface area is 355 Å². The van der Waals surface area contributed by atoms with E-state index in [1.165, 1.54) is 65.2 Å². The number of aromatic nitrogens is 2. The van der Waals surface area contributed by atoms with Crippen molar-refractivity contribution < 1.29 is 0 Å². The van der Waals surface area contributed by atoms with Gasteiger partial charge in [-0.15, -0.1) is 0 Å². The fourth-order valence-electron chi connectivity index (χ4n) is 10.3. The molecule has 0 aliphatic rings. The molecule has 9 aromatic carbocycles. The lowest BCUT2D eigenvalue weighted by Gasteiger charge is -2.26. The summed E-state index contributed by atoms with van der Waals surface area (Å²) in [7, 11) is 0. The minimum absolute atomic E-state index is 0.618. The molecule has 6 heteroatoms. The minimum Gasteiger partial charge on any atom is -0.310 e. The van der Waals surface area contributed by atoms with Crippen LogP contribution >= 0.6 is 0 Å².